The number of ether oxygens (including phenoxy) is 1. The summed E-state index contributed by atoms with van der Waals surface area (Å²) in [4.78, 5) is 36.7. The molecule has 0 fully saturated rings. The van der Waals surface area contributed by atoms with Gasteiger partial charge in [-0.1, -0.05) is 30.3 Å². The topological polar surface area (TPSA) is 63.7 Å². The van der Waals surface area contributed by atoms with Crippen LogP contribution in [-0.4, -0.2) is 35.8 Å². The predicted octanol–water partition coefficient (Wildman–Crippen LogP) is 1.48. The Balaban J connectivity index is 2.01. The zero-order valence-electron chi connectivity index (χ0n) is 11.9. The summed E-state index contributed by atoms with van der Waals surface area (Å²) >= 11 is 0. The molecule has 0 aliphatic carbocycles. The fourth-order valence-corrected chi connectivity index (χ4v) is 2.13. The number of benzene rings is 1. The van der Waals surface area contributed by atoms with Gasteiger partial charge in [-0.2, -0.15) is 0 Å². The molecule has 0 saturated heterocycles. The maximum Gasteiger partial charge on any atom is 0.334 e. The lowest BCUT2D eigenvalue weighted by Gasteiger charge is -2.24. The van der Waals surface area contributed by atoms with Crippen LogP contribution in [0.15, 0.2) is 42.0 Å². The molecule has 5 heteroatoms. The van der Waals surface area contributed by atoms with Crippen molar-refractivity contribution in [1.82, 2.24) is 4.90 Å². The van der Waals surface area contributed by atoms with Crippen molar-refractivity contribution in [3.05, 3.63) is 47.5 Å². The number of nitrogens with zero attached hydrogens (tertiary/aromatic N) is 1. The summed E-state index contributed by atoms with van der Waals surface area (Å²) in [5.74, 6) is -1.41. The second kappa shape index (κ2) is 6.83. The molecule has 0 N–H and O–H groups in total. The van der Waals surface area contributed by atoms with Crippen LogP contribution in [0.5, 0.6) is 0 Å². The summed E-state index contributed by atoms with van der Waals surface area (Å²) < 4.78 is 4.81. The van der Waals surface area contributed by atoms with Crippen LogP contribution in [0.1, 0.15) is 18.9 Å². The predicted molar refractivity (Wildman–Crippen MR) is 76.2 cm³/mol. The van der Waals surface area contributed by atoms with Gasteiger partial charge in [-0.25, -0.2) is 4.79 Å². The number of hydrogen-bond donors (Lipinski definition) is 0. The number of carbonyl (C=O) groups excluding carboxylic acids is 3. The van der Waals surface area contributed by atoms with E-state index in [9.17, 15) is 14.4 Å². The first-order valence-corrected chi connectivity index (χ1v) is 6.87. The SMILES string of the molecule is CCOC(=O)C1=CC(=O)N(CCc2ccccc2)C(=O)C1. The second-order valence-electron chi connectivity index (χ2n) is 4.69. The molecular weight excluding hydrogens is 270 g/mol. The number of imide groups is 1. The van der Waals surface area contributed by atoms with Gasteiger partial charge in [-0.15, -0.1) is 0 Å². The summed E-state index contributed by atoms with van der Waals surface area (Å²) in [6.45, 7) is 2.21. The van der Waals surface area contributed by atoms with Crippen molar-refractivity contribution in [3.8, 4) is 0 Å². The zero-order chi connectivity index (χ0) is 15.2. The first-order chi connectivity index (χ1) is 10.1. The molecule has 0 bridgehead atoms. The molecule has 110 valence electrons. The van der Waals surface area contributed by atoms with E-state index < -0.39 is 11.9 Å². The molecule has 21 heavy (non-hydrogen) atoms. The van der Waals surface area contributed by atoms with E-state index in [1.54, 1.807) is 6.92 Å². The Hall–Kier alpha value is -2.43. The van der Waals surface area contributed by atoms with Crippen LogP contribution in [-0.2, 0) is 25.5 Å². The molecule has 1 aliphatic rings. The lowest BCUT2D eigenvalue weighted by molar-refractivity contribution is -0.146. The Labute approximate surface area is 123 Å². The summed E-state index contributed by atoms with van der Waals surface area (Å²) in [6.07, 6.45) is 1.71. The van der Waals surface area contributed by atoms with E-state index in [2.05, 4.69) is 0 Å². The maximum absolute atomic E-state index is 12.0. The summed E-state index contributed by atoms with van der Waals surface area (Å²) in [5, 5.41) is 0. The number of amides is 2. The highest BCUT2D eigenvalue weighted by Gasteiger charge is 2.29. The third kappa shape index (κ3) is 3.78. The van der Waals surface area contributed by atoms with E-state index in [4.69, 9.17) is 4.74 Å². The molecule has 1 aliphatic heterocycles. The van der Waals surface area contributed by atoms with Gasteiger partial charge < -0.3 is 4.74 Å². The lowest BCUT2D eigenvalue weighted by Crippen LogP contribution is -2.41. The minimum absolute atomic E-state index is 0.0840. The minimum Gasteiger partial charge on any atom is -0.463 e. The van der Waals surface area contributed by atoms with Crippen LogP contribution in [0, 0.1) is 0 Å². The van der Waals surface area contributed by atoms with E-state index in [1.165, 1.54) is 11.0 Å². The van der Waals surface area contributed by atoms with E-state index in [-0.39, 0.29) is 24.5 Å². The Morgan fingerprint density at radius 1 is 1.24 bits per heavy atom. The van der Waals surface area contributed by atoms with Crippen LogP contribution in [0.25, 0.3) is 0 Å². The molecule has 2 rings (SSSR count). The van der Waals surface area contributed by atoms with Gasteiger partial charge >= 0.3 is 5.97 Å². The highest BCUT2D eigenvalue weighted by Crippen LogP contribution is 2.15. The Bertz CT molecular complexity index is 577. The van der Waals surface area contributed by atoms with Crippen LogP contribution >= 0.6 is 0 Å². The molecule has 5 nitrogen and oxygen atoms in total. The first kappa shape index (κ1) is 15.0. The lowest BCUT2D eigenvalue weighted by atomic mass is 10.1. The first-order valence-electron chi connectivity index (χ1n) is 6.87. The minimum atomic E-state index is -0.595. The van der Waals surface area contributed by atoms with Crippen molar-refractivity contribution in [2.24, 2.45) is 0 Å². The fraction of sp³-hybridized carbons (Fsp3) is 0.312. The Morgan fingerprint density at radius 3 is 2.57 bits per heavy atom. The van der Waals surface area contributed by atoms with Gasteiger partial charge in [0.15, 0.2) is 0 Å². The number of carbonyl (C=O) groups is 3. The van der Waals surface area contributed by atoms with E-state index in [0.717, 1.165) is 5.56 Å². The number of esters is 1. The average Bonchev–Trinajstić information content (AvgIpc) is 2.47. The second-order valence-corrected chi connectivity index (χ2v) is 4.69. The highest BCUT2D eigenvalue weighted by atomic mass is 16.5. The van der Waals surface area contributed by atoms with Crippen LogP contribution in [0.2, 0.25) is 0 Å². The molecule has 0 spiro atoms. The number of hydrogen-bond acceptors (Lipinski definition) is 4. The molecule has 0 aromatic heterocycles. The molecule has 0 radical (unpaired) electrons. The Morgan fingerprint density at radius 2 is 1.95 bits per heavy atom. The molecule has 2 amide bonds. The summed E-state index contributed by atoms with van der Waals surface area (Å²) in [5.41, 5.74) is 1.18. The van der Waals surface area contributed by atoms with Crippen molar-refractivity contribution in [3.63, 3.8) is 0 Å². The third-order valence-electron chi connectivity index (χ3n) is 3.21. The van der Waals surface area contributed by atoms with Gasteiger partial charge in [0.2, 0.25) is 5.91 Å². The van der Waals surface area contributed by atoms with Gasteiger partial charge in [-0.05, 0) is 18.9 Å². The van der Waals surface area contributed by atoms with Gasteiger partial charge in [0.25, 0.3) is 5.91 Å². The van der Waals surface area contributed by atoms with Gasteiger partial charge in [0.05, 0.1) is 18.6 Å². The van der Waals surface area contributed by atoms with Crippen LogP contribution in [0.4, 0.5) is 0 Å². The van der Waals surface area contributed by atoms with E-state index in [0.29, 0.717) is 13.0 Å². The summed E-state index contributed by atoms with van der Waals surface area (Å²) in [7, 11) is 0. The monoisotopic (exact) mass is 287 g/mol. The third-order valence-corrected chi connectivity index (χ3v) is 3.21. The fourth-order valence-electron chi connectivity index (χ4n) is 2.13. The van der Waals surface area contributed by atoms with E-state index >= 15 is 0 Å². The molecule has 1 aromatic carbocycles. The Kier molecular flexibility index (Phi) is 4.87. The molecule has 0 unspecified atom stereocenters. The van der Waals surface area contributed by atoms with Gasteiger partial charge in [0.1, 0.15) is 0 Å². The molecule has 0 atom stereocenters. The summed E-state index contributed by atoms with van der Waals surface area (Å²) in [6, 6.07) is 9.62. The maximum atomic E-state index is 12.0. The zero-order valence-corrected chi connectivity index (χ0v) is 11.9. The normalized spacial score (nSPS) is 14.9. The highest BCUT2D eigenvalue weighted by molar-refractivity contribution is 6.11. The van der Waals surface area contributed by atoms with Gasteiger partial charge in [-0.3, -0.25) is 14.5 Å². The quantitative estimate of drug-likeness (QED) is 0.608. The van der Waals surface area contributed by atoms with Crippen LogP contribution in [0.3, 0.4) is 0 Å². The molecule has 1 heterocycles. The van der Waals surface area contributed by atoms with Crippen molar-refractivity contribution in [2.75, 3.05) is 13.2 Å². The molecule has 1 aromatic rings. The van der Waals surface area contributed by atoms with Crippen molar-refractivity contribution in [1.29, 1.82) is 0 Å². The molecular formula is C16H17NO4. The largest absolute Gasteiger partial charge is 0.463 e. The standard InChI is InChI=1S/C16H17NO4/c1-2-21-16(20)13-10-14(18)17(15(19)11-13)9-8-12-6-4-3-5-7-12/h3-7,10H,2,8-9,11H2,1H3. The van der Waals surface area contributed by atoms with Gasteiger partial charge in [0, 0.05) is 12.6 Å². The smallest absolute Gasteiger partial charge is 0.334 e. The number of rotatable bonds is 5. The van der Waals surface area contributed by atoms with Crippen molar-refractivity contribution < 1.29 is 19.1 Å². The van der Waals surface area contributed by atoms with Crippen molar-refractivity contribution in [2.45, 2.75) is 19.8 Å². The van der Waals surface area contributed by atoms with E-state index in [1.807, 2.05) is 30.3 Å². The van der Waals surface area contributed by atoms with Crippen molar-refractivity contribution >= 4 is 17.8 Å². The van der Waals surface area contributed by atoms with Crippen LogP contribution < -0.4 is 0 Å². The molecule has 0 saturated carbocycles. The average molecular weight is 287 g/mol.